The van der Waals surface area contributed by atoms with Crippen LogP contribution in [0.15, 0.2) is 47.8 Å². The van der Waals surface area contributed by atoms with Crippen LogP contribution in [0.25, 0.3) is 10.7 Å². The molecular weight excluding hydrogens is 398 g/mol. The molecule has 0 atom stereocenters. The van der Waals surface area contributed by atoms with Crippen molar-refractivity contribution in [2.24, 2.45) is 5.92 Å². The minimum atomic E-state index is 0.720. The van der Waals surface area contributed by atoms with Crippen LogP contribution in [0.4, 0.5) is 0 Å². The van der Waals surface area contributed by atoms with Gasteiger partial charge in [-0.1, -0.05) is 50.2 Å². The van der Waals surface area contributed by atoms with Crippen LogP contribution in [0.2, 0.25) is 0 Å². The Morgan fingerprint density at radius 2 is 1.72 bits per heavy atom. The number of rotatable bonds is 7. The normalized spacial score (nSPS) is 16.0. The van der Waals surface area contributed by atoms with Crippen molar-refractivity contribution in [1.29, 1.82) is 0 Å². The lowest BCUT2D eigenvalue weighted by molar-refractivity contribution is 0.0950. The van der Waals surface area contributed by atoms with Crippen LogP contribution in [0, 0.1) is 10.7 Å². The van der Waals surface area contributed by atoms with Crippen LogP contribution in [0.5, 0.6) is 0 Å². The van der Waals surface area contributed by atoms with E-state index >= 15 is 0 Å². The van der Waals surface area contributed by atoms with Gasteiger partial charge >= 0.3 is 0 Å². The zero-order valence-electron chi connectivity index (χ0n) is 17.2. The third kappa shape index (κ3) is 5.04. The second-order valence-electron chi connectivity index (χ2n) is 8.11. The molecule has 5 nitrogen and oxygen atoms in total. The number of thiophene rings is 1. The highest BCUT2D eigenvalue weighted by Crippen LogP contribution is 2.24. The fraction of sp³-hybridized carbons (Fsp3) is 0.455. The van der Waals surface area contributed by atoms with Gasteiger partial charge in [-0.2, -0.15) is 0 Å². The SMILES string of the molecule is CC(C)CN1CCN(Cn2nc(-c3cccs3)n(Cc3ccccc3)c2=S)CC1. The maximum Gasteiger partial charge on any atom is 0.199 e. The lowest BCUT2D eigenvalue weighted by Crippen LogP contribution is -2.47. The predicted molar refractivity (Wildman–Crippen MR) is 123 cm³/mol. The summed E-state index contributed by atoms with van der Waals surface area (Å²) in [6.07, 6.45) is 0. The summed E-state index contributed by atoms with van der Waals surface area (Å²) < 4.78 is 4.97. The minimum Gasteiger partial charge on any atom is -0.301 e. The molecule has 1 aliphatic heterocycles. The van der Waals surface area contributed by atoms with Crippen molar-refractivity contribution in [2.75, 3.05) is 32.7 Å². The molecule has 0 N–H and O–H groups in total. The summed E-state index contributed by atoms with van der Waals surface area (Å²) in [6, 6.07) is 14.7. The Balaban J connectivity index is 1.54. The van der Waals surface area contributed by atoms with Gasteiger partial charge in [0.2, 0.25) is 0 Å². The Morgan fingerprint density at radius 1 is 1.00 bits per heavy atom. The summed E-state index contributed by atoms with van der Waals surface area (Å²) in [5, 5.41) is 7.04. The summed E-state index contributed by atoms with van der Waals surface area (Å²) in [6.45, 7) is 11.6. The summed E-state index contributed by atoms with van der Waals surface area (Å²) in [5.41, 5.74) is 1.24. The van der Waals surface area contributed by atoms with E-state index in [0.29, 0.717) is 0 Å². The van der Waals surface area contributed by atoms with Gasteiger partial charge in [-0.05, 0) is 35.1 Å². The molecule has 3 heterocycles. The predicted octanol–water partition coefficient (Wildman–Crippen LogP) is 4.42. The minimum absolute atomic E-state index is 0.720. The monoisotopic (exact) mass is 427 g/mol. The largest absolute Gasteiger partial charge is 0.301 e. The van der Waals surface area contributed by atoms with E-state index < -0.39 is 0 Å². The molecule has 0 radical (unpaired) electrons. The molecule has 154 valence electrons. The number of nitrogens with zero attached hydrogens (tertiary/aromatic N) is 5. The molecule has 2 aromatic heterocycles. The molecular formula is C22H29N5S2. The molecule has 1 fully saturated rings. The van der Waals surface area contributed by atoms with Gasteiger partial charge < -0.3 is 4.90 Å². The zero-order chi connectivity index (χ0) is 20.2. The van der Waals surface area contributed by atoms with E-state index in [-0.39, 0.29) is 0 Å². The van der Waals surface area contributed by atoms with Gasteiger partial charge in [-0.25, -0.2) is 4.68 Å². The van der Waals surface area contributed by atoms with Crippen molar-refractivity contribution < 1.29 is 0 Å². The van der Waals surface area contributed by atoms with Gasteiger partial charge in [0.25, 0.3) is 0 Å². The molecule has 0 saturated carbocycles. The zero-order valence-corrected chi connectivity index (χ0v) is 18.8. The molecule has 0 amide bonds. The molecule has 0 spiro atoms. The number of benzene rings is 1. The van der Waals surface area contributed by atoms with E-state index in [1.807, 2.05) is 10.7 Å². The number of hydrogen-bond acceptors (Lipinski definition) is 5. The third-order valence-corrected chi connectivity index (χ3v) is 6.57. The van der Waals surface area contributed by atoms with E-state index in [9.17, 15) is 0 Å². The molecule has 1 aliphatic rings. The maximum atomic E-state index is 5.87. The lowest BCUT2D eigenvalue weighted by Gasteiger charge is -2.35. The summed E-state index contributed by atoms with van der Waals surface area (Å²) in [4.78, 5) is 6.18. The first-order valence-corrected chi connectivity index (χ1v) is 11.6. The Labute approximate surface area is 182 Å². The molecule has 0 unspecified atom stereocenters. The number of aromatic nitrogens is 3. The van der Waals surface area contributed by atoms with Crippen molar-refractivity contribution in [1.82, 2.24) is 24.1 Å². The maximum absolute atomic E-state index is 5.87. The highest BCUT2D eigenvalue weighted by Gasteiger charge is 2.20. The Morgan fingerprint density at radius 3 is 2.38 bits per heavy atom. The summed E-state index contributed by atoms with van der Waals surface area (Å²) in [7, 11) is 0. The molecule has 7 heteroatoms. The molecule has 4 rings (SSSR count). The second-order valence-corrected chi connectivity index (χ2v) is 9.42. The molecule has 1 aromatic carbocycles. The first-order chi connectivity index (χ1) is 14.1. The smallest absolute Gasteiger partial charge is 0.199 e. The van der Waals surface area contributed by atoms with Crippen molar-refractivity contribution in [2.45, 2.75) is 27.1 Å². The fourth-order valence-electron chi connectivity index (χ4n) is 3.85. The molecule has 29 heavy (non-hydrogen) atoms. The molecule has 1 saturated heterocycles. The molecule has 0 aliphatic carbocycles. The Bertz CT molecular complexity index is 951. The number of hydrogen-bond donors (Lipinski definition) is 0. The Hall–Kier alpha value is -1.80. The van der Waals surface area contributed by atoms with Crippen molar-refractivity contribution in [3.05, 3.63) is 58.2 Å². The molecule has 3 aromatic rings. The topological polar surface area (TPSA) is 29.2 Å². The van der Waals surface area contributed by atoms with E-state index in [0.717, 1.165) is 60.8 Å². The van der Waals surface area contributed by atoms with E-state index in [4.69, 9.17) is 17.3 Å². The highest BCUT2D eigenvalue weighted by molar-refractivity contribution is 7.71. The highest BCUT2D eigenvalue weighted by atomic mass is 32.1. The standard InChI is InChI=1S/C22H29N5S2/c1-18(2)15-24-10-12-25(13-11-24)17-27-22(28)26(16-19-7-4-3-5-8-19)21(23-27)20-9-6-14-29-20/h3-9,14,18H,10-13,15-17H2,1-2H3. The van der Waals surface area contributed by atoms with E-state index in [1.165, 1.54) is 12.1 Å². The summed E-state index contributed by atoms with van der Waals surface area (Å²) >= 11 is 7.58. The van der Waals surface area contributed by atoms with Crippen LogP contribution in [0.1, 0.15) is 19.4 Å². The number of piperazine rings is 1. The van der Waals surface area contributed by atoms with E-state index in [1.54, 1.807) is 11.3 Å². The van der Waals surface area contributed by atoms with Gasteiger partial charge in [-0.3, -0.25) is 9.47 Å². The second kappa shape index (κ2) is 9.34. The first kappa shape index (κ1) is 20.5. The van der Waals surface area contributed by atoms with Crippen LogP contribution in [-0.2, 0) is 13.2 Å². The third-order valence-electron chi connectivity index (χ3n) is 5.27. The van der Waals surface area contributed by atoms with Gasteiger partial charge in [0.05, 0.1) is 18.1 Å². The Kier molecular flexibility index (Phi) is 6.60. The quantitative estimate of drug-likeness (QED) is 0.522. The lowest BCUT2D eigenvalue weighted by atomic mass is 10.2. The van der Waals surface area contributed by atoms with Gasteiger partial charge in [0, 0.05) is 32.7 Å². The van der Waals surface area contributed by atoms with E-state index in [2.05, 4.69) is 70.0 Å². The summed E-state index contributed by atoms with van der Waals surface area (Å²) in [5.74, 6) is 1.68. The van der Waals surface area contributed by atoms with Crippen LogP contribution < -0.4 is 0 Å². The van der Waals surface area contributed by atoms with Crippen molar-refractivity contribution in [3.8, 4) is 10.7 Å². The van der Waals surface area contributed by atoms with Crippen molar-refractivity contribution >= 4 is 23.6 Å². The van der Waals surface area contributed by atoms with Crippen LogP contribution >= 0.6 is 23.6 Å². The van der Waals surface area contributed by atoms with Crippen LogP contribution in [-0.4, -0.2) is 56.9 Å². The average molecular weight is 428 g/mol. The van der Waals surface area contributed by atoms with Crippen LogP contribution in [0.3, 0.4) is 0 Å². The first-order valence-electron chi connectivity index (χ1n) is 10.3. The van der Waals surface area contributed by atoms with Gasteiger partial charge in [0.15, 0.2) is 10.6 Å². The van der Waals surface area contributed by atoms with Gasteiger partial charge in [-0.15, -0.1) is 16.4 Å². The fourth-order valence-corrected chi connectivity index (χ4v) is 4.82. The molecule has 0 bridgehead atoms. The van der Waals surface area contributed by atoms with Crippen molar-refractivity contribution in [3.63, 3.8) is 0 Å². The van der Waals surface area contributed by atoms with Gasteiger partial charge in [0.1, 0.15) is 0 Å². The average Bonchev–Trinajstić information content (AvgIpc) is 3.34.